The Bertz CT molecular complexity index is 1000. The Hall–Kier alpha value is -2.88. The van der Waals surface area contributed by atoms with E-state index in [9.17, 15) is 14.7 Å². The van der Waals surface area contributed by atoms with Crippen LogP contribution in [0.1, 0.15) is 78.7 Å². The summed E-state index contributed by atoms with van der Waals surface area (Å²) < 4.78 is 5.87. The van der Waals surface area contributed by atoms with Gasteiger partial charge in [0.1, 0.15) is 17.1 Å². The van der Waals surface area contributed by atoms with Crippen LogP contribution >= 0.6 is 0 Å². The molecule has 0 amide bonds. The van der Waals surface area contributed by atoms with Crippen LogP contribution in [0.5, 0.6) is 0 Å². The highest BCUT2D eigenvalue weighted by molar-refractivity contribution is 6.33. The molecule has 0 spiro atoms. The van der Waals surface area contributed by atoms with Crippen LogP contribution in [0.2, 0.25) is 0 Å². The van der Waals surface area contributed by atoms with Crippen LogP contribution in [-0.2, 0) is 14.3 Å². The first-order valence-electron chi connectivity index (χ1n) is 11.8. The number of rotatable bonds is 10. The molecule has 1 unspecified atom stereocenters. The van der Waals surface area contributed by atoms with E-state index in [-0.39, 0.29) is 17.1 Å². The second kappa shape index (κ2) is 11.3. The fourth-order valence-corrected chi connectivity index (χ4v) is 4.79. The number of aliphatic hydroxyl groups excluding tert-OH is 1. The summed E-state index contributed by atoms with van der Waals surface area (Å²) in [5.74, 6) is -0.571. The number of ether oxygens (including phenoxy) is 1. The van der Waals surface area contributed by atoms with Crippen molar-refractivity contribution < 1.29 is 19.4 Å². The summed E-state index contributed by atoms with van der Waals surface area (Å²) in [5.41, 5.74) is 3.04. The molecule has 0 saturated carbocycles. The lowest BCUT2D eigenvalue weighted by Gasteiger charge is -2.40. The van der Waals surface area contributed by atoms with Gasteiger partial charge in [0, 0.05) is 11.1 Å². The maximum absolute atomic E-state index is 14.2. The number of carbonyl (C=O) groups excluding carboxylic acids is 2. The van der Waals surface area contributed by atoms with Gasteiger partial charge >= 0.3 is 0 Å². The van der Waals surface area contributed by atoms with Crippen LogP contribution < -0.4 is 0 Å². The number of allylic oxidation sites excluding steroid dienone is 6. The zero-order valence-electron chi connectivity index (χ0n) is 21.0. The molecule has 1 aliphatic carbocycles. The van der Waals surface area contributed by atoms with E-state index in [4.69, 9.17) is 4.74 Å². The number of Topliss-reactive ketones (excluding diaryl/α,β-unsaturated/α-hetero) is 2. The van der Waals surface area contributed by atoms with E-state index >= 15 is 0 Å². The summed E-state index contributed by atoms with van der Waals surface area (Å²) in [4.78, 5) is 27.8. The van der Waals surface area contributed by atoms with Crippen molar-refractivity contribution in [2.75, 3.05) is 7.11 Å². The van der Waals surface area contributed by atoms with Gasteiger partial charge in [-0.2, -0.15) is 0 Å². The normalized spacial score (nSPS) is 20.1. The fraction of sp³-hybridized carbons (Fsp3) is 0.448. The van der Waals surface area contributed by atoms with E-state index in [1.807, 2.05) is 40.7 Å². The predicted octanol–water partition coefficient (Wildman–Crippen LogP) is 7.29. The lowest BCUT2D eigenvalue weighted by Crippen LogP contribution is -2.43. The molecule has 0 bridgehead atoms. The maximum Gasteiger partial charge on any atom is 0.199 e. The second-order valence-corrected chi connectivity index (χ2v) is 9.26. The molecule has 178 valence electrons. The summed E-state index contributed by atoms with van der Waals surface area (Å²) in [6, 6.07) is 8.81. The highest BCUT2D eigenvalue weighted by Crippen LogP contribution is 2.50. The largest absolute Gasteiger partial charge is 0.506 e. The van der Waals surface area contributed by atoms with Crippen LogP contribution in [0, 0.1) is 5.41 Å². The number of benzene rings is 1. The Balaban J connectivity index is 2.89. The van der Waals surface area contributed by atoms with Gasteiger partial charge in [-0.15, -0.1) is 0 Å². The van der Waals surface area contributed by atoms with Crippen LogP contribution in [0.3, 0.4) is 0 Å². The van der Waals surface area contributed by atoms with Gasteiger partial charge in [0.05, 0.1) is 12.5 Å². The van der Waals surface area contributed by atoms with E-state index in [0.29, 0.717) is 42.6 Å². The number of aliphatic hydroxyl groups is 1. The zero-order chi connectivity index (χ0) is 24.8. The highest BCUT2D eigenvalue weighted by Gasteiger charge is 2.52. The minimum atomic E-state index is -1.04. The van der Waals surface area contributed by atoms with Gasteiger partial charge in [-0.05, 0) is 46.5 Å². The average molecular weight is 451 g/mol. The lowest BCUT2D eigenvalue weighted by atomic mass is 9.63. The van der Waals surface area contributed by atoms with Crippen molar-refractivity contribution in [3.63, 3.8) is 0 Å². The minimum Gasteiger partial charge on any atom is -0.506 e. The van der Waals surface area contributed by atoms with Gasteiger partial charge in [0.25, 0.3) is 0 Å². The van der Waals surface area contributed by atoms with Crippen LogP contribution in [0.4, 0.5) is 0 Å². The quantitative estimate of drug-likeness (QED) is 0.176. The summed E-state index contributed by atoms with van der Waals surface area (Å²) in [7, 11) is 1.54. The molecule has 2 rings (SSSR count). The van der Waals surface area contributed by atoms with E-state index in [1.165, 1.54) is 0 Å². The monoisotopic (exact) mass is 450 g/mol. The summed E-state index contributed by atoms with van der Waals surface area (Å²) in [5, 5.41) is 11.2. The molecule has 4 nitrogen and oxygen atoms in total. The van der Waals surface area contributed by atoms with Crippen molar-refractivity contribution in [3.8, 4) is 0 Å². The van der Waals surface area contributed by atoms with Crippen molar-refractivity contribution in [2.45, 2.75) is 73.1 Å². The van der Waals surface area contributed by atoms with Crippen LogP contribution in [0.25, 0.3) is 5.76 Å². The molecule has 4 heteroatoms. The lowest BCUT2D eigenvalue weighted by molar-refractivity contribution is -0.129. The van der Waals surface area contributed by atoms with Crippen LogP contribution in [0.15, 0.2) is 70.5 Å². The highest BCUT2D eigenvalue weighted by atomic mass is 16.5. The number of ketones is 2. The molecule has 33 heavy (non-hydrogen) atoms. The Morgan fingerprint density at radius 1 is 1.06 bits per heavy atom. The number of methoxy groups -OCH3 is 1. The molecule has 1 aromatic rings. The molecule has 0 aromatic heterocycles. The molecule has 0 saturated heterocycles. The molecule has 1 aromatic carbocycles. The topological polar surface area (TPSA) is 63.6 Å². The molecule has 0 fully saturated rings. The molecule has 1 N–H and O–H groups in total. The maximum atomic E-state index is 14.2. The van der Waals surface area contributed by atoms with E-state index in [0.717, 1.165) is 29.6 Å². The van der Waals surface area contributed by atoms with Crippen molar-refractivity contribution in [2.24, 2.45) is 5.41 Å². The zero-order valence-corrected chi connectivity index (χ0v) is 21.0. The second-order valence-electron chi connectivity index (χ2n) is 9.26. The van der Waals surface area contributed by atoms with Crippen molar-refractivity contribution in [3.05, 3.63) is 76.1 Å². The van der Waals surface area contributed by atoms with Crippen molar-refractivity contribution in [1.29, 1.82) is 0 Å². The SMILES string of the molecule is C=C(C)CC(CC1(CCC)C(=O)/C(=C(\O)c2ccccc2)C(=O)C(CCC)=C1OC)=C(C)C. The van der Waals surface area contributed by atoms with Gasteiger partial charge < -0.3 is 9.84 Å². The van der Waals surface area contributed by atoms with Crippen molar-refractivity contribution in [1.82, 2.24) is 0 Å². The predicted molar refractivity (Wildman–Crippen MR) is 135 cm³/mol. The van der Waals surface area contributed by atoms with E-state index in [2.05, 4.69) is 6.58 Å². The Kier molecular flexibility index (Phi) is 9.04. The standard InChI is InChI=1S/C29H38O4/c1-8-13-23-26(31)24(25(30)21-14-11-10-12-15-21)27(32)29(16-9-2,28(23)33-7)18-22(20(5)6)17-19(3)4/h10-12,14-15,30H,3,8-9,13,16-18H2,1-2,4-7H3/b25-24-. The third-order valence-corrected chi connectivity index (χ3v) is 6.27. The number of hydrogen-bond acceptors (Lipinski definition) is 4. The number of carbonyl (C=O) groups is 2. The first-order valence-corrected chi connectivity index (χ1v) is 11.8. The molecular formula is C29H38O4. The first kappa shape index (κ1) is 26.4. The molecule has 1 atom stereocenters. The molecular weight excluding hydrogens is 412 g/mol. The number of hydrogen-bond donors (Lipinski definition) is 1. The Morgan fingerprint density at radius 2 is 1.70 bits per heavy atom. The van der Waals surface area contributed by atoms with Crippen LogP contribution in [-0.4, -0.2) is 23.8 Å². The van der Waals surface area contributed by atoms with Crippen molar-refractivity contribution >= 4 is 17.3 Å². The molecule has 0 heterocycles. The average Bonchev–Trinajstić information content (AvgIpc) is 2.77. The Morgan fingerprint density at radius 3 is 2.18 bits per heavy atom. The first-order chi connectivity index (χ1) is 15.6. The summed E-state index contributed by atoms with van der Waals surface area (Å²) in [6.45, 7) is 14.1. The smallest absolute Gasteiger partial charge is 0.199 e. The molecule has 0 radical (unpaired) electrons. The van der Waals surface area contributed by atoms with E-state index < -0.39 is 11.2 Å². The van der Waals surface area contributed by atoms with Gasteiger partial charge in [-0.1, -0.05) is 80.3 Å². The summed E-state index contributed by atoms with van der Waals surface area (Å²) >= 11 is 0. The third kappa shape index (κ3) is 5.38. The molecule has 0 aliphatic heterocycles. The Labute approximate surface area is 198 Å². The van der Waals surface area contributed by atoms with Gasteiger partial charge in [-0.25, -0.2) is 0 Å². The van der Waals surface area contributed by atoms with E-state index in [1.54, 1.807) is 31.4 Å². The van der Waals surface area contributed by atoms with Gasteiger partial charge in [0.2, 0.25) is 0 Å². The van der Waals surface area contributed by atoms with Gasteiger partial charge in [-0.3, -0.25) is 9.59 Å². The minimum absolute atomic E-state index is 0.123. The third-order valence-electron chi connectivity index (χ3n) is 6.27. The summed E-state index contributed by atoms with van der Waals surface area (Å²) in [6.07, 6.45) is 3.58. The molecule has 1 aliphatic rings. The van der Waals surface area contributed by atoms with Gasteiger partial charge in [0.15, 0.2) is 11.6 Å². The fourth-order valence-electron chi connectivity index (χ4n) is 4.79.